The summed E-state index contributed by atoms with van der Waals surface area (Å²) in [5.41, 5.74) is 2.08. The highest BCUT2D eigenvalue weighted by atomic mass is 16.4. The number of nitrogens with zero attached hydrogens (tertiary/aromatic N) is 1. The van der Waals surface area contributed by atoms with Gasteiger partial charge in [0.25, 0.3) is 0 Å². The Morgan fingerprint density at radius 3 is 2.65 bits per heavy atom. The molecular weight excluding hydrogens is 254 g/mol. The quantitative estimate of drug-likeness (QED) is 0.929. The Kier molecular flexibility index (Phi) is 3.74. The number of aromatic carboxylic acids is 1. The maximum Gasteiger partial charge on any atom is 0.335 e. The molecule has 4 nitrogen and oxygen atoms in total. The number of carboxylic acids is 1. The van der Waals surface area contributed by atoms with Crippen LogP contribution in [0.4, 0.5) is 0 Å². The second kappa shape index (κ2) is 5.67. The van der Waals surface area contributed by atoms with Crippen molar-refractivity contribution >= 4 is 16.9 Å². The van der Waals surface area contributed by atoms with Crippen LogP contribution in [-0.4, -0.2) is 29.1 Å². The average molecular weight is 273 g/mol. The standard InChI is InChI=1S/C16H19NO3/c18-16(19)12-5-6-14-13(11-20-15(14)9-12)10-17-7-3-1-2-4-8-17/h5-6,9,11H,1-4,7-8,10H2,(H,18,19). The summed E-state index contributed by atoms with van der Waals surface area (Å²) in [5, 5.41) is 10.0. The van der Waals surface area contributed by atoms with Crippen molar-refractivity contribution in [3.63, 3.8) is 0 Å². The Morgan fingerprint density at radius 1 is 1.20 bits per heavy atom. The van der Waals surface area contributed by atoms with E-state index >= 15 is 0 Å². The fraction of sp³-hybridized carbons (Fsp3) is 0.438. The van der Waals surface area contributed by atoms with Crippen molar-refractivity contribution in [3.8, 4) is 0 Å². The molecule has 1 aliphatic rings. The number of carbonyl (C=O) groups is 1. The molecule has 0 bridgehead atoms. The van der Waals surface area contributed by atoms with Crippen LogP contribution >= 0.6 is 0 Å². The minimum atomic E-state index is -0.919. The topological polar surface area (TPSA) is 53.7 Å². The first-order chi connectivity index (χ1) is 9.74. The average Bonchev–Trinajstić information content (AvgIpc) is 2.66. The van der Waals surface area contributed by atoms with Crippen molar-refractivity contribution in [1.82, 2.24) is 4.90 Å². The second-order valence-corrected chi connectivity index (χ2v) is 5.47. The predicted molar refractivity (Wildman–Crippen MR) is 76.9 cm³/mol. The van der Waals surface area contributed by atoms with Crippen LogP contribution in [0.3, 0.4) is 0 Å². The molecule has 0 aliphatic carbocycles. The fourth-order valence-corrected chi connectivity index (χ4v) is 2.87. The summed E-state index contributed by atoms with van der Waals surface area (Å²) in [6.07, 6.45) is 6.94. The van der Waals surface area contributed by atoms with Crippen LogP contribution in [0.5, 0.6) is 0 Å². The lowest BCUT2D eigenvalue weighted by molar-refractivity contribution is 0.0697. The molecule has 1 saturated heterocycles. The van der Waals surface area contributed by atoms with Gasteiger partial charge in [-0.3, -0.25) is 4.90 Å². The van der Waals surface area contributed by atoms with E-state index in [0.29, 0.717) is 5.58 Å². The van der Waals surface area contributed by atoms with E-state index < -0.39 is 5.97 Å². The number of furan rings is 1. The lowest BCUT2D eigenvalue weighted by atomic mass is 10.1. The molecule has 2 aromatic rings. The zero-order valence-corrected chi connectivity index (χ0v) is 11.5. The number of rotatable bonds is 3. The molecule has 3 rings (SSSR count). The Balaban J connectivity index is 1.83. The van der Waals surface area contributed by atoms with Crippen LogP contribution in [-0.2, 0) is 6.54 Å². The Labute approximate surface area is 118 Å². The van der Waals surface area contributed by atoms with Crippen LogP contribution in [0.15, 0.2) is 28.9 Å². The van der Waals surface area contributed by atoms with Crippen LogP contribution in [0.2, 0.25) is 0 Å². The highest BCUT2D eigenvalue weighted by Crippen LogP contribution is 2.24. The molecule has 1 aliphatic heterocycles. The summed E-state index contributed by atoms with van der Waals surface area (Å²) in [6, 6.07) is 5.10. The van der Waals surface area contributed by atoms with Gasteiger partial charge in [0.1, 0.15) is 5.58 Å². The van der Waals surface area contributed by atoms with E-state index in [1.54, 1.807) is 18.4 Å². The van der Waals surface area contributed by atoms with E-state index in [9.17, 15) is 4.79 Å². The number of fused-ring (bicyclic) bond motifs is 1. The molecule has 1 N–H and O–H groups in total. The zero-order valence-electron chi connectivity index (χ0n) is 11.5. The largest absolute Gasteiger partial charge is 0.478 e. The van der Waals surface area contributed by atoms with Gasteiger partial charge in [-0.15, -0.1) is 0 Å². The molecule has 0 amide bonds. The van der Waals surface area contributed by atoms with Gasteiger partial charge in [0.2, 0.25) is 0 Å². The van der Waals surface area contributed by atoms with Gasteiger partial charge in [0, 0.05) is 17.5 Å². The molecule has 106 valence electrons. The molecule has 2 heterocycles. The third-order valence-corrected chi connectivity index (χ3v) is 4.00. The number of hydrogen-bond donors (Lipinski definition) is 1. The molecule has 0 spiro atoms. The van der Waals surface area contributed by atoms with Gasteiger partial charge in [-0.25, -0.2) is 4.79 Å². The fourth-order valence-electron chi connectivity index (χ4n) is 2.87. The first kappa shape index (κ1) is 13.2. The molecule has 1 fully saturated rings. The summed E-state index contributed by atoms with van der Waals surface area (Å²) >= 11 is 0. The van der Waals surface area contributed by atoms with Crippen molar-refractivity contribution in [2.24, 2.45) is 0 Å². The first-order valence-electron chi connectivity index (χ1n) is 7.20. The molecule has 1 aromatic heterocycles. The normalized spacial score (nSPS) is 17.2. The van der Waals surface area contributed by atoms with Crippen LogP contribution in [0, 0.1) is 0 Å². The summed E-state index contributed by atoms with van der Waals surface area (Å²) in [4.78, 5) is 13.4. The zero-order chi connectivity index (χ0) is 13.9. The number of carboxylic acid groups (broad SMARTS) is 1. The number of benzene rings is 1. The van der Waals surface area contributed by atoms with Crippen molar-refractivity contribution in [2.75, 3.05) is 13.1 Å². The van der Waals surface area contributed by atoms with Crippen molar-refractivity contribution < 1.29 is 14.3 Å². The molecular formula is C16H19NO3. The predicted octanol–water partition coefficient (Wildman–Crippen LogP) is 3.51. The van der Waals surface area contributed by atoms with E-state index in [-0.39, 0.29) is 5.56 Å². The molecule has 0 atom stereocenters. The van der Waals surface area contributed by atoms with Gasteiger partial charge in [-0.05, 0) is 44.1 Å². The van der Waals surface area contributed by atoms with Gasteiger partial charge in [-0.1, -0.05) is 12.8 Å². The Bertz CT molecular complexity index is 609. The Morgan fingerprint density at radius 2 is 1.95 bits per heavy atom. The molecule has 20 heavy (non-hydrogen) atoms. The minimum absolute atomic E-state index is 0.271. The lowest BCUT2D eigenvalue weighted by Gasteiger charge is -2.18. The SMILES string of the molecule is O=C(O)c1ccc2c(CN3CCCCCC3)coc2c1. The Hall–Kier alpha value is -1.81. The summed E-state index contributed by atoms with van der Waals surface area (Å²) in [7, 11) is 0. The van der Waals surface area contributed by atoms with Crippen molar-refractivity contribution in [3.05, 3.63) is 35.6 Å². The molecule has 0 unspecified atom stereocenters. The van der Waals surface area contributed by atoms with Crippen LogP contribution in [0.1, 0.15) is 41.6 Å². The van der Waals surface area contributed by atoms with Crippen molar-refractivity contribution in [1.29, 1.82) is 0 Å². The van der Waals surface area contributed by atoms with Crippen LogP contribution < -0.4 is 0 Å². The third kappa shape index (κ3) is 2.70. The van der Waals surface area contributed by atoms with Gasteiger partial charge in [-0.2, -0.15) is 0 Å². The number of likely N-dealkylation sites (tertiary alicyclic amines) is 1. The smallest absolute Gasteiger partial charge is 0.335 e. The summed E-state index contributed by atoms with van der Waals surface area (Å²) < 4.78 is 5.52. The second-order valence-electron chi connectivity index (χ2n) is 5.47. The maximum absolute atomic E-state index is 11.0. The van der Waals surface area contributed by atoms with Gasteiger partial charge in [0.15, 0.2) is 0 Å². The van der Waals surface area contributed by atoms with E-state index in [0.717, 1.165) is 30.6 Å². The van der Waals surface area contributed by atoms with E-state index in [1.807, 2.05) is 6.07 Å². The summed E-state index contributed by atoms with van der Waals surface area (Å²) in [6.45, 7) is 3.17. The molecule has 0 saturated carbocycles. The number of hydrogen-bond acceptors (Lipinski definition) is 3. The maximum atomic E-state index is 11.0. The van der Waals surface area contributed by atoms with E-state index in [1.165, 1.54) is 25.7 Å². The van der Waals surface area contributed by atoms with Crippen molar-refractivity contribution in [2.45, 2.75) is 32.2 Å². The van der Waals surface area contributed by atoms with E-state index in [2.05, 4.69) is 4.90 Å². The minimum Gasteiger partial charge on any atom is -0.478 e. The lowest BCUT2D eigenvalue weighted by Crippen LogP contribution is -2.23. The monoisotopic (exact) mass is 273 g/mol. The highest BCUT2D eigenvalue weighted by Gasteiger charge is 2.14. The molecule has 1 aromatic carbocycles. The third-order valence-electron chi connectivity index (χ3n) is 4.00. The summed E-state index contributed by atoms with van der Waals surface area (Å²) in [5.74, 6) is -0.919. The molecule has 4 heteroatoms. The van der Waals surface area contributed by atoms with Gasteiger partial charge < -0.3 is 9.52 Å². The van der Waals surface area contributed by atoms with Gasteiger partial charge >= 0.3 is 5.97 Å². The van der Waals surface area contributed by atoms with E-state index in [4.69, 9.17) is 9.52 Å². The van der Waals surface area contributed by atoms with Crippen LogP contribution in [0.25, 0.3) is 11.0 Å². The first-order valence-corrected chi connectivity index (χ1v) is 7.20. The van der Waals surface area contributed by atoms with Gasteiger partial charge in [0.05, 0.1) is 11.8 Å². The highest BCUT2D eigenvalue weighted by molar-refractivity contribution is 5.93. The molecule has 0 radical (unpaired) electrons.